The Hall–Kier alpha value is -2.60. The Labute approximate surface area is 146 Å². The molecule has 128 valence electrons. The first-order valence-electron chi connectivity index (χ1n) is 8.76. The molecule has 2 aromatic heterocycles. The van der Waals surface area contributed by atoms with Gasteiger partial charge in [-0.15, -0.1) is 0 Å². The Morgan fingerprint density at radius 3 is 2.88 bits per heavy atom. The quantitative estimate of drug-likeness (QED) is 0.714. The molecule has 1 aromatic carbocycles. The smallest absolute Gasteiger partial charge is 0.241 e. The van der Waals surface area contributed by atoms with Gasteiger partial charge in [0.05, 0.1) is 6.54 Å². The minimum atomic E-state index is 0.639. The summed E-state index contributed by atoms with van der Waals surface area (Å²) in [5.74, 6) is 2.24. The van der Waals surface area contributed by atoms with Gasteiger partial charge >= 0.3 is 0 Å². The average molecular weight is 335 g/mol. The maximum atomic E-state index is 5.43. The Morgan fingerprint density at radius 1 is 1.16 bits per heavy atom. The lowest BCUT2D eigenvalue weighted by Crippen LogP contribution is -2.31. The van der Waals surface area contributed by atoms with Crippen molar-refractivity contribution < 1.29 is 4.52 Å². The molecule has 0 saturated heterocycles. The van der Waals surface area contributed by atoms with Crippen LogP contribution in [0.3, 0.4) is 0 Å². The van der Waals surface area contributed by atoms with Crippen LogP contribution in [0.15, 0.2) is 41.1 Å². The topological polar surface area (TPSA) is 67.9 Å². The molecule has 0 unspecified atom stereocenters. The predicted molar refractivity (Wildman–Crippen MR) is 93.6 cm³/mol. The highest BCUT2D eigenvalue weighted by molar-refractivity contribution is 5.53. The maximum absolute atomic E-state index is 5.43. The van der Waals surface area contributed by atoms with Crippen LogP contribution in [0.5, 0.6) is 0 Å². The molecule has 6 nitrogen and oxygen atoms in total. The van der Waals surface area contributed by atoms with Crippen molar-refractivity contribution in [2.75, 3.05) is 6.54 Å². The van der Waals surface area contributed by atoms with Crippen LogP contribution in [0.25, 0.3) is 11.4 Å². The molecule has 0 amide bonds. The second kappa shape index (κ2) is 7.11. The SMILES string of the molecule is CCCc1ncc2c(n1)CCN(Cc1nc(-c3ccccc3)no1)C2. The molecule has 0 N–H and O–H groups in total. The largest absolute Gasteiger partial charge is 0.338 e. The molecule has 3 heterocycles. The molecule has 25 heavy (non-hydrogen) atoms. The number of benzene rings is 1. The summed E-state index contributed by atoms with van der Waals surface area (Å²) >= 11 is 0. The zero-order valence-corrected chi connectivity index (χ0v) is 14.4. The zero-order valence-electron chi connectivity index (χ0n) is 14.4. The number of nitrogens with zero attached hydrogens (tertiary/aromatic N) is 5. The summed E-state index contributed by atoms with van der Waals surface area (Å²) in [7, 11) is 0. The fourth-order valence-corrected chi connectivity index (χ4v) is 3.11. The van der Waals surface area contributed by atoms with Gasteiger partial charge in [-0.25, -0.2) is 9.97 Å². The number of hydrogen-bond acceptors (Lipinski definition) is 6. The van der Waals surface area contributed by atoms with E-state index in [-0.39, 0.29) is 0 Å². The van der Waals surface area contributed by atoms with E-state index in [0.29, 0.717) is 18.3 Å². The molecule has 0 atom stereocenters. The molecule has 3 aromatic rings. The first kappa shape index (κ1) is 15.9. The first-order chi connectivity index (χ1) is 12.3. The molecule has 0 aliphatic carbocycles. The number of fused-ring (bicyclic) bond motifs is 1. The molecule has 6 heteroatoms. The Kier molecular flexibility index (Phi) is 4.52. The number of aromatic nitrogens is 4. The van der Waals surface area contributed by atoms with Crippen LogP contribution in [0, 0.1) is 0 Å². The van der Waals surface area contributed by atoms with E-state index >= 15 is 0 Å². The van der Waals surface area contributed by atoms with Crippen LogP contribution in [0.1, 0.15) is 36.3 Å². The van der Waals surface area contributed by atoms with E-state index in [9.17, 15) is 0 Å². The van der Waals surface area contributed by atoms with Gasteiger partial charge in [-0.05, 0) is 6.42 Å². The summed E-state index contributed by atoms with van der Waals surface area (Å²) in [6.07, 6.45) is 4.93. The summed E-state index contributed by atoms with van der Waals surface area (Å²) < 4.78 is 5.43. The van der Waals surface area contributed by atoms with Crippen LogP contribution in [0.2, 0.25) is 0 Å². The maximum Gasteiger partial charge on any atom is 0.241 e. The summed E-state index contributed by atoms with van der Waals surface area (Å²) in [4.78, 5) is 16.0. The molecule has 0 radical (unpaired) electrons. The third-order valence-electron chi connectivity index (χ3n) is 4.40. The van der Waals surface area contributed by atoms with Gasteiger partial charge in [-0.3, -0.25) is 4.90 Å². The number of hydrogen-bond donors (Lipinski definition) is 0. The highest BCUT2D eigenvalue weighted by Crippen LogP contribution is 2.20. The van der Waals surface area contributed by atoms with Gasteiger partial charge in [-0.1, -0.05) is 42.4 Å². The molecule has 1 aliphatic heterocycles. The van der Waals surface area contributed by atoms with E-state index in [1.165, 1.54) is 11.3 Å². The van der Waals surface area contributed by atoms with Crippen LogP contribution >= 0.6 is 0 Å². The van der Waals surface area contributed by atoms with Gasteiger partial charge in [0.25, 0.3) is 0 Å². The summed E-state index contributed by atoms with van der Waals surface area (Å²) in [5, 5.41) is 4.09. The Balaban J connectivity index is 1.44. The number of rotatable bonds is 5. The van der Waals surface area contributed by atoms with E-state index in [4.69, 9.17) is 9.51 Å². The predicted octanol–water partition coefficient (Wildman–Crippen LogP) is 3.04. The van der Waals surface area contributed by atoms with E-state index in [2.05, 4.69) is 26.9 Å². The molecular formula is C19H21N5O. The van der Waals surface area contributed by atoms with Gasteiger partial charge in [0.2, 0.25) is 11.7 Å². The lowest BCUT2D eigenvalue weighted by atomic mass is 10.1. The second-order valence-corrected chi connectivity index (χ2v) is 6.35. The summed E-state index contributed by atoms with van der Waals surface area (Å²) in [5.41, 5.74) is 3.36. The van der Waals surface area contributed by atoms with Crippen molar-refractivity contribution in [1.29, 1.82) is 0 Å². The highest BCUT2D eigenvalue weighted by atomic mass is 16.5. The molecule has 4 rings (SSSR count). The first-order valence-corrected chi connectivity index (χ1v) is 8.76. The fraction of sp³-hybridized carbons (Fsp3) is 0.368. The minimum absolute atomic E-state index is 0.639. The Bertz CT molecular complexity index is 846. The monoisotopic (exact) mass is 335 g/mol. The van der Waals surface area contributed by atoms with Crippen molar-refractivity contribution >= 4 is 0 Å². The van der Waals surface area contributed by atoms with Gasteiger partial charge in [0, 0.05) is 48.9 Å². The van der Waals surface area contributed by atoms with Crippen LogP contribution < -0.4 is 0 Å². The van der Waals surface area contributed by atoms with Gasteiger partial charge < -0.3 is 4.52 Å². The van der Waals surface area contributed by atoms with Crippen molar-refractivity contribution in [1.82, 2.24) is 25.0 Å². The van der Waals surface area contributed by atoms with Crippen LogP contribution in [-0.4, -0.2) is 31.6 Å². The van der Waals surface area contributed by atoms with E-state index in [1.807, 2.05) is 36.5 Å². The number of aryl methyl sites for hydroxylation is 1. The minimum Gasteiger partial charge on any atom is -0.338 e. The van der Waals surface area contributed by atoms with Crippen molar-refractivity contribution in [2.24, 2.45) is 0 Å². The average Bonchev–Trinajstić information content (AvgIpc) is 3.11. The van der Waals surface area contributed by atoms with E-state index in [0.717, 1.165) is 43.7 Å². The zero-order chi connectivity index (χ0) is 17.1. The standard InChI is InChI=1S/C19H21N5O/c1-2-6-17-20-11-15-12-24(10-9-16(15)21-17)13-18-22-19(23-25-18)14-7-4-3-5-8-14/h3-5,7-8,11H,2,6,9-10,12-13H2,1H3. The third-order valence-corrected chi connectivity index (χ3v) is 4.40. The molecule has 1 aliphatic rings. The van der Waals surface area contributed by atoms with Gasteiger partial charge in [0.1, 0.15) is 5.82 Å². The molecular weight excluding hydrogens is 314 g/mol. The lowest BCUT2D eigenvalue weighted by molar-refractivity contribution is 0.208. The molecule has 0 spiro atoms. The summed E-state index contributed by atoms with van der Waals surface area (Å²) in [6, 6.07) is 9.89. The van der Waals surface area contributed by atoms with Crippen LogP contribution in [0.4, 0.5) is 0 Å². The van der Waals surface area contributed by atoms with Crippen molar-refractivity contribution in [3.63, 3.8) is 0 Å². The third kappa shape index (κ3) is 3.58. The second-order valence-electron chi connectivity index (χ2n) is 6.35. The lowest BCUT2D eigenvalue weighted by Gasteiger charge is -2.26. The fourth-order valence-electron chi connectivity index (χ4n) is 3.11. The molecule has 0 fully saturated rings. The van der Waals surface area contributed by atoms with E-state index in [1.54, 1.807) is 0 Å². The molecule has 0 bridgehead atoms. The van der Waals surface area contributed by atoms with Gasteiger partial charge in [-0.2, -0.15) is 4.98 Å². The normalized spacial score (nSPS) is 14.4. The van der Waals surface area contributed by atoms with Gasteiger partial charge in [0.15, 0.2) is 0 Å². The summed E-state index contributed by atoms with van der Waals surface area (Å²) in [6.45, 7) is 4.57. The van der Waals surface area contributed by atoms with Crippen molar-refractivity contribution in [3.8, 4) is 11.4 Å². The Morgan fingerprint density at radius 2 is 2.04 bits per heavy atom. The molecule has 0 saturated carbocycles. The van der Waals surface area contributed by atoms with E-state index < -0.39 is 0 Å². The highest BCUT2D eigenvalue weighted by Gasteiger charge is 2.20. The van der Waals surface area contributed by atoms with Crippen LogP contribution in [-0.2, 0) is 25.9 Å². The van der Waals surface area contributed by atoms with Crippen molar-refractivity contribution in [2.45, 2.75) is 39.3 Å². The van der Waals surface area contributed by atoms with Crippen molar-refractivity contribution in [3.05, 3.63) is 59.5 Å².